The molecule has 0 radical (unpaired) electrons. The molecule has 0 amide bonds. The van der Waals surface area contributed by atoms with Crippen LogP contribution in [0.15, 0.2) is 39.3 Å². The fourth-order valence-corrected chi connectivity index (χ4v) is 2.77. The van der Waals surface area contributed by atoms with Crippen molar-refractivity contribution < 1.29 is 4.79 Å². The monoisotopic (exact) mass is 341 g/mol. The van der Waals surface area contributed by atoms with Crippen LogP contribution in [0.1, 0.15) is 21.7 Å². The lowest BCUT2D eigenvalue weighted by atomic mass is 10.1. The number of rotatable bonds is 2. The summed E-state index contributed by atoms with van der Waals surface area (Å²) in [5.41, 5.74) is 2.25. The minimum atomic E-state index is -0.00454. The molecular weight excluding hydrogens is 334 g/mol. The van der Waals surface area contributed by atoms with E-state index in [0.717, 1.165) is 14.6 Å². The van der Waals surface area contributed by atoms with Crippen LogP contribution < -0.4 is 0 Å². The van der Waals surface area contributed by atoms with E-state index < -0.39 is 0 Å². The Labute approximate surface area is 110 Å². The van der Waals surface area contributed by atoms with E-state index in [9.17, 15) is 4.79 Å². The first-order valence-electron chi connectivity index (χ1n) is 4.72. The van der Waals surface area contributed by atoms with Gasteiger partial charge in [0.15, 0.2) is 0 Å². The summed E-state index contributed by atoms with van der Waals surface area (Å²) < 4.78 is 1.77. The van der Waals surface area contributed by atoms with Crippen molar-refractivity contribution in [3.8, 4) is 0 Å². The van der Waals surface area contributed by atoms with Crippen LogP contribution >= 0.6 is 31.9 Å². The summed E-state index contributed by atoms with van der Waals surface area (Å²) in [6.45, 7) is 1.92. The third-order valence-corrected chi connectivity index (χ3v) is 3.12. The lowest BCUT2D eigenvalue weighted by molar-refractivity contribution is 0.103. The van der Waals surface area contributed by atoms with Crippen LogP contribution in [-0.4, -0.2) is 10.8 Å². The largest absolute Gasteiger partial charge is 0.356 e. The number of aryl methyl sites for hydroxylation is 1. The summed E-state index contributed by atoms with van der Waals surface area (Å²) in [7, 11) is 0. The molecule has 1 aromatic heterocycles. The quantitative estimate of drug-likeness (QED) is 0.819. The Bertz CT molecular complexity index is 525. The van der Waals surface area contributed by atoms with Gasteiger partial charge in [0.2, 0.25) is 5.78 Å². The maximum Gasteiger partial charge on any atom is 0.209 e. The highest BCUT2D eigenvalue weighted by atomic mass is 79.9. The van der Waals surface area contributed by atoms with Crippen LogP contribution in [0.3, 0.4) is 0 Å². The highest BCUT2D eigenvalue weighted by Gasteiger charge is 2.11. The van der Waals surface area contributed by atoms with Gasteiger partial charge in [0.25, 0.3) is 0 Å². The number of aromatic amines is 1. The molecule has 1 heterocycles. The summed E-state index contributed by atoms with van der Waals surface area (Å²) >= 11 is 6.73. The number of ketones is 1. The lowest BCUT2D eigenvalue weighted by Gasteiger charge is -2.01. The van der Waals surface area contributed by atoms with Gasteiger partial charge in [-0.3, -0.25) is 4.79 Å². The van der Waals surface area contributed by atoms with Gasteiger partial charge in [0.05, 0.1) is 5.69 Å². The van der Waals surface area contributed by atoms with Crippen LogP contribution in [0.4, 0.5) is 0 Å². The van der Waals surface area contributed by atoms with Gasteiger partial charge < -0.3 is 4.98 Å². The Hall–Kier alpha value is -0.870. The van der Waals surface area contributed by atoms with Crippen LogP contribution in [-0.2, 0) is 0 Å². The number of carbonyl (C=O) groups is 1. The lowest BCUT2D eigenvalue weighted by Crippen LogP contribution is -2.01. The molecule has 0 fully saturated rings. The maximum absolute atomic E-state index is 12.1. The second kappa shape index (κ2) is 4.55. The summed E-state index contributed by atoms with van der Waals surface area (Å²) in [5.74, 6) is -0.00454. The second-order valence-corrected chi connectivity index (χ2v) is 5.37. The molecule has 0 saturated heterocycles. The van der Waals surface area contributed by atoms with Gasteiger partial charge in [0.1, 0.15) is 0 Å². The van der Waals surface area contributed by atoms with E-state index in [4.69, 9.17) is 0 Å². The van der Waals surface area contributed by atoms with Crippen LogP contribution in [0, 0.1) is 6.92 Å². The molecule has 1 aromatic carbocycles. The zero-order valence-electron chi connectivity index (χ0n) is 8.55. The topological polar surface area (TPSA) is 32.9 Å². The molecule has 0 atom stereocenters. The van der Waals surface area contributed by atoms with Crippen LogP contribution in [0.2, 0.25) is 0 Å². The fourth-order valence-electron chi connectivity index (χ4n) is 1.48. The van der Waals surface area contributed by atoms with E-state index >= 15 is 0 Å². The number of H-pyrrole nitrogens is 1. The number of hydrogen-bond acceptors (Lipinski definition) is 1. The van der Waals surface area contributed by atoms with E-state index in [1.54, 1.807) is 6.07 Å². The molecule has 82 valence electrons. The van der Waals surface area contributed by atoms with Crippen molar-refractivity contribution in [1.82, 2.24) is 4.98 Å². The van der Waals surface area contributed by atoms with E-state index in [1.807, 2.05) is 31.2 Å². The van der Waals surface area contributed by atoms with Crippen molar-refractivity contribution in [2.24, 2.45) is 0 Å². The first kappa shape index (κ1) is 11.6. The maximum atomic E-state index is 12.1. The molecule has 4 heteroatoms. The molecule has 2 nitrogen and oxygen atoms in total. The van der Waals surface area contributed by atoms with Crippen LogP contribution in [0.25, 0.3) is 0 Å². The van der Waals surface area contributed by atoms with E-state index in [1.165, 1.54) is 0 Å². The average molecular weight is 343 g/mol. The van der Waals surface area contributed by atoms with Crippen molar-refractivity contribution >= 4 is 37.6 Å². The average Bonchev–Trinajstić information content (AvgIpc) is 2.62. The van der Waals surface area contributed by atoms with Gasteiger partial charge in [-0.1, -0.05) is 31.9 Å². The SMILES string of the molecule is Cc1ccc(C(=O)c2cc(Br)cc(Br)c2)[nH]1. The molecule has 16 heavy (non-hydrogen) atoms. The standard InChI is InChI=1S/C12H9Br2NO/c1-7-2-3-11(15-7)12(16)8-4-9(13)6-10(14)5-8/h2-6,15H,1H3. The highest BCUT2D eigenvalue weighted by molar-refractivity contribution is 9.11. The molecular formula is C12H9Br2NO. The van der Waals surface area contributed by atoms with Gasteiger partial charge in [-0.25, -0.2) is 0 Å². The van der Waals surface area contributed by atoms with Gasteiger partial charge in [-0.2, -0.15) is 0 Å². The molecule has 0 unspecified atom stereocenters. The summed E-state index contributed by atoms with van der Waals surface area (Å²) in [6, 6.07) is 9.20. The molecule has 0 aliphatic rings. The Balaban J connectivity index is 2.41. The Morgan fingerprint density at radius 3 is 2.25 bits per heavy atom. The fraction of sp³-hybridized carbons (Fsp3) is 0.0833. The molecule has 2 aromatic rings. The molecule has 2 rings (SSSR count). The number of halogens is 2. The molecule has 0 spiro atoms. The zero-order chi connectivity index (χ0) is 11.7. The number of carbonyl (C=O) groups excluding carboxylic acids is 1. The molecule has 0 aliphatic carbocycles. The first-order chi connectivity index (χ1) is 7.56. The molecule has 0 aliphatic heterocycles. The normalized spacial score (nSPS) is 10.4. The number of hydrogen-bond donors (Lipinski definition) is 1. The van der Waals surface area contributed by atoms with Crippen LogP contribution in [0.5, 0.6) is 0 Å². The number of nitrogens with one attached hydrogen (secondary N) is 1. The van der Waals surface area contributed by atoms with Crippen molar-refractivity contribution in [1.29, 1.82) is 0 Å². The predicted octanol–water partition coefficient (Wildman–Crippen LogP) is 4.08. The number of aromatic nitrogens is 1. The third kappa shape index (κ3) is 2.44. The molecule has 1 N–H and O–H groups in total. The smallest absolute Gasteiger partial charge is 0.209 e. The Morgan fingerprint density at radius 1 is 1.12 bits per heavy atom. The van der Waals surface area contributed by atoms with Gasteiger partial charge in [0, 0.05) is 20.2 Å². The van der Waals surface area contributed by atoms with E-state index in [-0.39, 0.29) is 5.78 Å². The predicted molar refractivity (Wildman–Crippen MR) is 70.8 cm³/mol. The summed E-state index contributed by atoms with van der Waals surface area (Å²) in [5, 5.41) is 0. The van der Waals surface area contributed by atoms with Crippen molar-refractivity contribution in [2.45, 2.75) is 6.92 Å². The van der Waals surface area contributed by atoms with Gasteiger partial charge >= 0.3 is 0 Å². The molecule has 0 bridgehead atoms. The third-order valence-electron chi connectivity index (χ3n) is 2.20. The minimum absolute atomic E-state index is 0.00454. The highest BCUT2D eigenvalue weighted by Crippen LogP contribution is 2.21. The Morgan fingerprint density at radius 2 is 1.75 bits per heavy atom. The van der Waals surface area contributed by atoms with E-state index in [2.05, 4.69) is 36.8 Å². The molecule has 0 saturated carbocycles. The first-order valence-corrected chi connectivity index (χ1v) is 6.31. The minimum Gasteiger partial charge on any atom is -0.356 e. The second-order valence-electron chi connectivity index (χ2n) is 3.54. The van der Waals surface area contributed by atoms with Crippen molar-refractivity contribution in [3.63, 3.8) is 0 Å². The van der Waals surface area contributed by atoms with E-state index in [0.29, 0.717) is 11.3 Å². The summed E-state index contributed by atoms with van der Waals surface area (Å²) in [4.78, 5) is 15.1. The summed E-state index contributed by atoms with van der Waals surface area (Å²) in [6.07, 6.45) is 0. The van der Waals surface area contributed by atoms with Gasteiger partial charge in [-0.05, 0) is 37.3 Å². The van der Waals surface area contributed by atoms with Crippen molar-refractivity contribution in [2.75, 3.05) is 0 Å². The number of benzene rings is 1. The zero-order valence-corrected chi connectivity index (χ0v) is 11.7. The van der Waals surface area contributed by atoms with Crippen molar-refractivity contribution in [3.05, 3.63) is 56.2 Å². The van der Waals surface area contributed by atoms with Gasteiger partial charge in [-0.15, -0.1) is 0 Å². The Kier molecular flexibility index (Phi) is 3.30.